The molecule has 0 saturated carbocycles. The predicted octanol–water partition coefficient (Wildman–Crippen LogP) is 9.52. The van der Waals surface area contributed by atoms with E-state index >= 15 is 0 Å². The van der Waals surface area contributed by atoms with Gasteiger partial charge in [-0.25, -0.2) is 9.59 Å². The van der Waals surface area contributed by atoms with Crippen molar-refractivity contribution in [2.45, 2.75) is 156 Å². The monoisotopic (exact) mass is 657 g/mol. The molecule has 3 amide bonds. The molecule has 0 aromatic heterocycles. The van der Waals surface area contributed by atoms with E-state index in [9.17, 15) is 14.4 Å². The quantitative estimate of drug-likeness (QED) is 0.0896. The van der Waals surface area contributed by atoms with Crippen LogP contribution in [0.3, 0.4) is 0 Å². The standard InChI is InChI=1S/C38H63N3O6/c1-9-11-12-13-14-15-16-17-20-23-27-45-33-30(24-10-2)28-31(41-36(44)47-38(6,7)8)29-32(33)34(42)39-25-21-18-19-22-26-40-35(43)46-37(3,4)5/h28-29H,9,11-23,25-27H2,1-8H3,(H,39,42)(H,40,43)(H,41,44). The molecule has 0 aliphatic heterocycles. The molecule has 266 valence electrons. The second-order valence-corrected chi connectivity index (χ2v) is 14.0. The molecule has 0 bridgehead atoms. The summed E-state index contributed by atoms with van der Waals surface area (Å²) in [6.45, 7) is 16.3. The number of rotatable bonds is 21. The van der Waals surface area contributed by atoms with E-state index in [1.165, 1.54) is 51.4 Å². The molecule has 0 aliphatic rings. The van der Waals surface area contributed by atoms with Gasteiger partial charge in [0.1, 0.15) is 17.0 Å². The predicted molar refractivity (Wildman–Crippen MR) is 191 cm³/mol. The van der Waals surface area contributed by atoms with Gasteiger partial charge in [0.2, 0.25) is 0 Å². The highest BCUT2D eigenvalue weighted by molar-refractivity contribution is 6.00. The number of carbonyl (C=O) groups is 3. The van der Waals surface area contributed by atoms with Gasteiger partial charge in [-0.3, -0.25) is 10.1 Å². The summed E-state index contributed by atoms with van der Waals surface area (Å²) in [5, 5.41) is 8.52. The smallest absolute Gasteiger partial charge is 0.412 e. The average Bonchev–Trinajstić information content (AvgIpc) is 2.96. The second kappa shape index (κ2) is 23.0. The number of hydrogen-bond acceptors (Lipinski definition) is 6. The van der Waals surface area contributed by atoms with E-state index in [0.717, 1.165) is 38.5 Å². The first-order chi connectivity index (χ1) is 22.3. The molecule has 0 atom stereocenters. The third kappa shape index (κ3) is 21.2. The lowest BCUT2D eigenvalue weighted by molar-refractivity contribution is 0.0525. The zero-order chi connectivity index (χ0) is 35.1. The maximum absolute atomic E-state index is 13.5. The molecular formula is C38H63N3O6. The number of carbonyl (C=O) groups excluding carboxylic acids is 3. The minimum absolute atomic E-state index is 0.290. The van der Waals surface area contributed by atoms with Gasteiger partial charge in [-0.05, 0) is 79.9 Å². The molecule has 0 spiro atoms. The van der Waals surface area contributed by atoms with Gasteiger partial charge in [-0.2, -0.15) is 0 Å². The Kier molecular flexibility index (Phi) is 20.4. The number of nitrogens with one attached hydrogen (secondary N) is 3. The Morgan fingerprint density at radius 1 is 0.681 bits per heavy atom. The Balaban J connectivity index is 2.78. The van der Waals surface area contributed by atoms with Crippen LogP contribution in [0.25, 0.3) is 0 Å². The van der Waals surface area contributed by atoms with Crippen molar-refractivity contribution in [2.24, 2.45) is 0 Å². The van der Waals surface area contributed by atoms with Crippen LogP contribution in [0, 0.1) is 11.8 Å². The lowest BCUT2D eigenvalue weighted by Gasteiger charge is -2.20. The van der Waals surface area contributed by atoms with Crippen molar-refractivity contribution in [3.8, 4) is 17.6 Å². The van der Waals surface area contributed by atoms with E-state index < -0.39 is 23.4 Å². The van der Waals surface area contributed by atoms with Crippen LogP contribution in [0.1, 0.15) is 161 Å². The lowest BCUT2D eigenvalue weighted by Crippen LogP contribution is -2.33. The summed E-state index contributed by atoms with van der Waals surface area (Å²) in [4.78, 5) is 37.8. The maximum Gasteiger partial charge on any atom is 0.412 e. The number of hydrogen-bond donors (Lipinski definition) is 3. The van der Waals surface area contributed by atoms with E-state index in [-0.39, 0.29) is 5.91 Å². The van der Waals surface area contributed by atoms with Crippen molar-refractivity contribution < 1.29 is 28.6 Å². The number of unbranched alkanes of at least 4 members (excludes halogenated alkanes) is 12. The minimum Gasteiger partial charge on any atom is -0.491 e. The fourth-order valence-electron chi connectivity index (χ4n) is 4.84. The normalized spacial score (nSPS) is 11.2. The van der Waals surface area contributed by atoms with Crippen molar-refractivity contribution >= 4 is 23.8 Å². The van der Waals surface area contributed by atoms with Crippen LogP contribution in [0.4, 0.5) is 15.3 Å². The first-order valence-electron chi connectivity index (χ1n) is 17.7. The molecule has 47 heavy (non-hydrogen) atoms. The zero-order valence-electron chi connectivity index (χ0n) is 30.6. The van der Waals surface area contributed by atoms with Gasteiger partial charge in [0.25, 0.3) is 5.91 Å². The molecule has 0 saturated heterocycles. The Labute approximate surface area is 285 Å². The van der Waals surface area contributed by atoms with Gasteiger partial charge in [-0.1, -0.05) is 83.5 Å². The summed E-state index contributed by atoms with van der Waals surface area (Å²) >= 11 is 0. The number of ether oxygens (including phenoxy) is 3. The van der Waals surface area contributed by atoms with Gasteiger partial charge < -0.3 is 24.8 Å². The first-order valence-corrected chi connectivity index (χ1v) is 17.7. The first kappa shape index (κ1) is 41.6. The molecule has 1 rings (SSSR count). The Morgan fingerprint density at radius 2 is 1.19 bits per heavy atom. The molecule has 0 aliphatic carbocycles. The molecule has 0 heterocycles. The van der Waals surface area contributed by atoms with Gasteiger partial charge in [0, 0.05) is 18.8 Å². The molecule has 1 aromatic carbocycles. The molecule has 9 nitrogen and oxygen atoms in total. The van der Waals surface area contributed by atoms with Crippen molar-refractivity contribution in [1.29, 1.82) is 0 Å². The fourth-order valence-corrected chi connectivity index (χ4v) is 4.84. The van der Waals surface area contributed by atoms with E-state index in [1.54, 1.807) is 39.8 Å². The molecule has 0 unspecified atom stereocenters. The van der Waals surface area contributed by atoms with E-state index in [4.69, 9.17) is 14.2 Å². The number of amides is 3. The number of benzene rings is 1. The summed E-state index contributed by atoms with van der Waals surface area (Å²) in [6, 6.07) is 3.34. The lowest BCUT2D eigenvalue weighted by atomic mass is 10.1. The number of anilines is 1. The number of alkyl carbamates (subject to hydrolysis) is 1. The summed E-state index contributed by atoms with van der Waals surface area (Å²) in [6.07, 6.45) is 14.6. The Morgan fingerprint density at radius 3 is 1.74 bits per heavy atom. The highest BCUT2D eigenvalue weighted by Gasteiger charge is 2.21. The highest BCUT2D eigenvalue weighted by atomic mass is 16.6. The molecule has 1 aromatic rings. The average molecular weight is 658 g/mol. The highest BCUT2D eigenvalue weighted by Crippen LogP contribution is 2.29. The van der Waals surface area contributed by atoms with Gasteiger partial charge in [0.15, 0.2) is 0 Å². The fraction of sp³-hybridized carbons (Fsp3) is 0.711. The largest absolute Gasteiger partial charge is 0.491 e. The molecule has 0 fully saturated rings. The Bertz CT molecular complexity index is 1140. The SMILES string of the molecule is CC#Cc1cc(NC(=O)OC(C)(C)C)cc(C(=O)NCCCCCCNC(=O)OC(C)(C)C)c1OCCCCCCCCCCCC. The van der Waals surface area contributed by atoms with Crippen molar-refractivity contribution in [3.05, 3.63) is 23.3 Å². The third-order valence-electron chi connectivity index (χ3n) is 7.04. The third-order valence-corrected chi connectivity index (χ3v) is 7.04. The van der Waals surface area contributed by atoms with Crippen LogP contribution in [0.15, 0.2) is 12.1 Å². The molecule has 3 N–H and O–H groups in total. The van der Waals surface area contributed by atoms with Gasteiger partial charge >= 0.3 is 12.2 Å². The van der Waals surface area contributed by atoms with Crippen LogP contribution in [-0.2, 0) is 9.47 Å². The maximum atomic E-state index is 13.5. The molecular weight excluding hydrogens is 594 g/mol. The molecule has 0 radical (unpaired) electrons. The Hall–Kier alpha value is -3.41. The van der Waals surface area contributed by atoms with E-state index in [1.807, 2.05) is 20.8 Å². The van der Waals surface area contributed by atoms with Gasteiger partial charge in [-0.15, -0.1) is 5.92 Å². The topological polar surface area (TPSA) is 115 Å². The van der Waals surface area contributed by atoms with Crippen molar-refractivity contribution in [1.82, 2.24) is 10.6 Å². The summed E-state index contributed by atoms with van der Waals surface area (Å²) in [5.41, 5.74) is 0.0851. The molecule has 9 heteroatoms. The van der Waals surface area contributed by atoms with Crippen LogP contribution >= 0.6 is 0 Å². The van der Waals surface area contributed by atoms with E-state index in [0.29, 0.717) is 42.3 Å². The minimum atomic E-state index is -0.666. The van der Waals surface area contributed by atoms with Gasteiger partial charge in [0.05, 0.1) is 17.7 Å². The van der Waals surface area contributed by atoms with Crippen LogP contribution in [0.5, 0.6) is 5.75 Å². The summed E-state index contributed by atoms with van der Waals surface area (Å²) < 4.78 is 16.9. The second-order valence-electron chi connectivity index (χ2n) is 14.0. The van der Waals surface area contributed by atoms with Crippen molar-refractivity contribution in [2.75, 3.05) is 25.0 Å². The van der Waals surface area contributed by atoms with Crippen LogP contribution in [-0.4, -0.2) is 49.0 Å². The summed E-state index contributed by atoms with van der Waals surface area (Å²) in [7, 11) is 0. The zero-order valence-corrected chi connectivity index (χ0v) is 30.6. The van der Waals surface area contributed by atoms with Crippen LogP contribution in [0.2, 0.25) is 0 Å². The summed E-state index contributed by atoms with van der Waals surface area (Å²) in [5.74, 6) is 6.10. The van der Waals surface area contributed by atoms with Crippen molar-refractivity contribution in [3.63, 3.8) is 0 Å². The van der Waals surface area contributed by atoms with E-state index in [2.05, 4.69) is 34.7 Å². The van der Waals surface area contributed by atoms with Crippen LogP contribution < -0.4 is 20.7 Å².